The van der Waals surface area contributed by atoms with Gasteiger partial charge < -0.3 is 15.4 Å². The number of anilines is 1. The molecule has 1 amide bonds. The van der Waals surface area contributed by atoms with Crippen LogP contribution in [0.15, 0.2) is 73.2 Å². The number of benzene rings is 2. The Hall–Kier alpha value is -4.64. The van der Waals surface area contributed by atoms with Gasteiger partial charge in [-0.1, -0.05) is 12.1 Å². The van der Waals surface area contributed by atoms with Crippen molar-refractivity contribution >= 4 is 17.2 Å². The number of halogens is 1. The third kappa shape index (κ3) is 4.29. The molecule has 2 N–H and O–H groups in total. The number of imidazole rings is 1. The van der Waals surface area contributed by atoms with Gasteiger partial charge in [0.2, 0.25) is 11.8 Å². The molecule has 0 bridgehead atoms. The normalized spacial score (nSPS) is 16.5. The molecule has 0 spiro atoms. The summed E-state index contributed by atoms with van der Waals surface area (Å²) in [5.41, 5.74) is 10.2. The number of fused-ring (bicyclic) bond motifs is 1. The number of hydrogen-bond donors (Lipinski definition) is 1. The molecule has 10 nitrogen and oxygen atoms in total. The van der Waals surface area contributed by atoms with Crippen molar-refractivity contribution in [2.75, 3.05) is 11.4 Å². The van der Waals surface area contributed by atoms with E-state index in [0.717, 1.165) is 16.9 Å². The minimum Gasteiger partial charge on any atom is -0.469 e. The van der Waals surface area contributed by atoms with Crippen LogP contribution in [0.5, 0.6) is 5.88 Å². The van der Waals surface area contributed by atoms with Crippen molar-refractivity contribution in [2.24, 2.45) is 5.73 Å². The van der Waals surface area contributed by atoms with E-state index in [1.54, 1.807) is 46.2 Å². The Bertz CT molecular complexity index is 1580. The fourth-order valence-electron chi connectivity index (χ4n) is 4.53. The molecule has 5 aromatic rings. The summed E-state index contributed by atoms with van der Waals surface area (Å²) in [7, 11) is 0. The highest BCUT2D eigenvalue weighted by Gasteiger charge is 2.28. The molecular weight excluding hydrogens is 475 g/mol. The maximum Gasteiger partial charge on any atom is 0.232 e. The second kappa shape index (κ2) is 9.10. The maximum atomic E-state index is 14.1. The first-order valence-corrected chi connectivity index (χ1v) is 11.8. The predicted octanol–water partition coefficient (Wildman–Crippen LogP) is 3.32. The third-order valence-electron chi connectivity index (χ3n) is 6.33. The monoisotopic (exact) mass is 498 g/mol. The standard InChI is InChI=1S/C26H23FN8O2/c1-16(21-12-18(27)4-7-22(21)35-30-10-11-31-35)37-25-9-8-24-29-14-23(34(24)32-25)17-2-5-20(6-3-17)33-15-19(28)13-26(33)36/h2-12,14,16,19H,13,15,28H2,1H3/t16?,19-/m0/s1. The lowest BCUT2D eigenvalue weighted by atomic mass is 10.1. The highest BCUT2D eigenvalue weighted by Crippen LogP contribution is 2.29. The van der Waals surface area contributed by atoms with Gasteiger partial charge in [0.05, 0.1) is 30.0 Å². The first-order valence-electron chi connectivity index (χ1n) is 11.8. The molecule has 6 rings (SSSR count). The minimum absolute atomic E-state index is 0.0254. The van der Waals surface area contributed by atoms with E-state index in [0.29, 0.717) is 35.7 Å². The van der Waals surface area contributed by atoms with Gasteiger partial charge in [-0.25, -0.2) is 13.9 Å². The second-order valence-corrected chi connectivity index (χ2v) is 8.88. The third-order valence-corrected chi connectivity index (χ3v) is 6.33. The first-order chi connectivity index (χ1) is 18.0. The van der Waals surface area contributed by atoms with Crippen molar-refractivity contribution in [1.29, 1.82) is 0 Å². The lowest BCUT2D eigenvalue weighted by molar-refractivity contribution is -0.117. The summed E-state index contributed by atoms with van der Waals surface area (Å²) in [5.74, 6) is -0.0173. The van der Waals surface area contributed by atoms with Gasteiger partial charge in [0.15, 0.2) is 5.65 Å². The molecule has 0 radical (unpaired) electrons. The summed E-state index contributed by atoms with van der Waals surface area (Å²) < 4.78 is 21.9. The molecule has 3 aromatic heterocycles. The van der Waals surface area contributed by atoms with Crippen LogP contribution in [-0.4, -0.2) is 48.1 Å². The van der Waals surface area contributed by atoms with E-state index in [4.69, 9.17) is 10.5 Å². The minimum atomic E-state index is -0.544. The van der Waals surface area contributed by atoms with Crippen molar-refractivity contribution in [3.8, 4) is 22.8 Å². The first kappa shape index (κ1) is 22.8. The fraction of sp³-hybridized carbons (Fsp3) is 0.192. The number of hydrogen-bond acceptors (Lipinski definition) is 7. The van der Waals surface area contributed by atoms with Crippen LogP contribution in [0.25, 0.3) is 22.6 Å². The van der Waals surface area contributed by atoms with Crippen LogP contribution in [0, 0.1) is 5.82 Å². The Morgan fingerprint density at radius 3 is 2.59 bits per heavy atom. The van der Waals surface area contributed by atoms with Crippen LogP contribution in [0.3, 0.4) is 0 Å². The Kier molecular flexibility index (Phi) is 5.61. The number of rotatable bonds is 6. The summed E-state index contributed by atoms with van der Waals surface area (Å²) in [6, 6.07) is 15.4. The zero-order chi connectivity index (χ0) is 25.5. The van der Waals surface area contributed by atoms with Gasteiger partial charge in [-0.15, -0.1) is 5.10 Å². The van der Waals surface area contributed by atoms with Gasteiger partial charge >= 0.3 is 0 Å². The number of nitrogens with zero attached hydrogens (tertiary/aromatic N) is 7. The molecule has 0 saturated carbocycles. The quantitative estimate of drug-likeness (QED) is 0.382. The molecule has 2 atom stereocenters. The lowest BCUT2D eigenvalue weighted by Crippen LogP contribution is -2.27. The summed E-state index contributed by atoms with van der Waals surface area (Å²) in [6.45, 7) is 2.32. The van der Waals surface area contributed by atoms with Crippen LogP contribution in [0.4, 0.5) is 10.1 Å². The lowest BCUT2D eigenvalue weighted by Gasteiger charge is -2.18. The van der Waals surface area contributed by atoms with E-state index in [2.05, 4.69) is 20.3 Å². The number of nitrogens with two attached hydrogens (primary N) is 1. The summed E-state index contributed by atoms with van der Waals surface area (Å²) in [4.78, 5) is 19.8. The maximum absolute atomic E-state index is 14.1. The van der Waals surface area contributed by atoms with Gasteiger partial charge in [0.1, 0.15) is 11.9 Å². The van der Waals surface area contributed by atoms with Gasteiger partial charge in [0.25, 0.3) is 0 Å². The molecule has 1 saturated heterocycles. The summed E-state index contributed by atoms with van der Waals surface area (Å²) >= 11 is 0. The topological polar surface area (TPSA) is 116 Å². The van der Waals surface area contributed by atoms with Gasteiger partial charge in [-0.3, -0.25) is 4.79 Å². The molecule has 4 heterocycles. The Labute approximate surface area is 211 Å². The van der Waals surface area contributed by atoms with E-state index < -0.39 is 6.10 Å². The largest absolute Gasteiger partial charge is 0.469 e. The zero-order valence-electron chi connectivity index (χ0n) is 19.9. The average Bonchev–Trinajstić information content (AvgIpc) is 3.64. The molecule has 11 heteroatoms. The van der Waals surface area contributed by atoms with E-state index >= 15 is 0 Å². The smallest absolute Gasteiger partial charge is 0.232 e. The molecule has 186 valence electrons. The summed E-state index contributed by atoms with van der Waals surface area (Å²) in [5, 5.41) is 12.9. The van der Waals surface area contributed by atoms with Crippen molar-refractivity contribution < 1.29 is 13.9 Å². The van der Waals surface area contributed by atoms with Gasteiger partial charge in [-0.2, -0.15) is 15.0 Å². The highest BCUT2D eigenvalue weighted by atomic mass is 19.1. The van der Waals surface area contributed by atoms with Crippen molar-refractivity contribution in [2.45, 2.75) is 25.5 Å². The predicted molar refractivity (Wildman–Crippen MR) is 134 cm³/mol. The van der Waals surface area contributed by atoms with E-state index in [-0.39, 0.29) is 17.8 Å². The Balaban J connectivity index is 1.28. The molecule has 1 aliphatic heterocycles. The number of carbonyl (C=O) groups is 1. The van der Waals surface area contributed by atoms with E-state index in [9.17, 15) is 9.18 Å². The second-order valence-electron chi connectivity index (χ2n) is 8.88. The average molecular weight is 499 g/mol. The zero-order valence-corrected chi connectivity index (χ0v) is 19.9. The summed E-state index contributed by atoms with van der Waals surface area (Å²) in [6.07, 6.45) is 4.65. The van der Waals surface area contributed by atoms with Crippen molar-refractivity contribution in [1.82, 2.24) is 29.6 Å². The number of carbonyl (C=O) groups excluding carboxylic acids is 1. The Morgan fingerprint density at radius 1 is 1.08 bits per heavy atom. The molecule has 0 aliphatic carbocycles. The van der Waals surface area contributed by atoms with Crippen LogP contribution in [0.1, 0.15) is 25.0 Å². The number of aromatic nitrogens is 6. The molecule has 1 aliphatic rings. The molecule has 1 fully saturated rings. The highest BCUT2D eigenvalue weighted by molar-refractivity contribution is 5.96. The van der Waals surface area contributed by atoms with Crippen LogP contribution in [0.2, 0.25) is 0 Å². The van der Waals surface area contributed by atoms with Gasteiger partial charge in [-0.05, 0) is 43.3 Å². The van der Waals surface area contributed by atoms with Crippen molar-refractivity contribution in [3.05, 3.63) is 84.6 Å². The van der Waals surface area contributed by atoms with Crippen LogP contribution >= 0.6 is 0 Å². The number of ether oxygens (including phenoxy) is 1. The molecule has 2 aromatic carbocycles. The van der Waals surface area contributed by atoms with Gasteiger partial charge in [0, 0.05) is 41.9 Å². The molecule has 1 unspecified atom stereocenters. The number of amides is 1. The van der Waals surface area contributed by atoms with Crippen molar-refractivity contribution in [3.63, 3.8) is 0 Å². The molecule has 37 heavy (non-hydrogen) atoms. The molecular formula is C26H23FN8O2. The Morgan fingerprint density at radius 2 is 1.86 bits per heavy atom. The van der Waals surface area contributed by atoms with Crippen LogP contribution < -0.4 is 15.4 Å². The van der Waals surface area contributed by atoms with E-state index in [1.807, 2.05) is 31.2 Å². The SMILES string of the molecule is CC(Oc1ccc2ncc(-c3ccc(N4C[C@@H](N)CC4=O)cc3)n2n1)c1cc(F)ccc1-n1nccn1. The fourth-order valence-corrected chi connectivity index (χ4v) is 4.53. The van der Waals surface area contributed by atoms with E-state index in [1.165, 1.54) is 16.9 Å². The van der Waals surface area contributed by atoms with Crippen LogP contribution in [-0.2, 0) is 4.79 Å².